The van der Waals surface area contributed by atoms with Crippen molar-refractivity contribution < 1.29 is 0 Å². The summed E-state index contributed by atoms with van der Waals surface area (Å²) in [6.45, 7) is 0. The Morgan fingerprint density at radius 3 is 1.11 bits per heavy atom. The average Bonchev–Trinajstić information content (AvgIpc) is 2.43. The molecule has 0 aliphatic carbocycles. The van der Waals surface area contributed by atoms with Gasteiger partial charge >= 0.3 is 0 Å². The molecule has 0 saturated carbocycles. The Morgan fingerprint density at radius 2 is 0.737 bits per heavy atom. The van der Waals surface area contributed by atoms with Gasteiger partial charge in [0.15, 0.2) is 0 Å². The average molecular weight is 307 g/mol. The van der Waals surface area contributed by atoms with Gasteiger partial charge < -0.3 is 0 Å². The molecule has 0 radical (unpaired) electrons. The van der Waals surface area contributed by atoms with E-state index in [9.17, 15) is 0 Å². The van der Waals surface area contributed by atoms with Crippen LogP contribution < -0.4 is 0 Å². The molecule has 19 heavy (non-hydrogen) atoms. The Bertz CT molecular complexity index is 178. The Morgan fingerprint density at radius 1 is 0.421 bits per heavy atom. The minimum absolute atomic E-state index is 0.825. The maximum atomic E-state index is 5.64. The first-order valence-corrected chi connectivity index (χ1v) is 9.25. The van der Waals surface area contributed by atoms with Crippen molar-refractivity contribution in [3.8, 4) is 0 Å². The van der Waals surface area contributed by atoms with Crippen molar-refractivity contribution in [3.63, 3.8) is 0 Å². The van der Waals surface area contributed by atoms with Gasteiger partial charge in [0.2, 0.25) is 0 Å². The summed E-state index contributed by atoms with van der Waals surface area (Å²) in [5, 5.41) is 0. The highest BCUT2D eigenvalue weighted by atomic mass is 35.5. The van der Waals surface area contributed by atoms with E-state index in [1.807, 2.05) is 0 Å². The molecule has 0 saturated heterocycles. The maximum Gasteiger partial charge on any atom is 0.0223 e. The number of alkyl halides is 2. The molecule has 0 unspecified atom stereocenters. The van der Waals surface area contributed by atoms with Crippen LogP contribution in [-0.4, -0.2) is 11.8 Å². The van der Waals surface area contributed by atoms with Crippen molar-refractivity contribution in [1.29, 1.82) is 0 Å². The van der Waals surface area contributed by atoms with Crippen molar-refractivity contribution in [2.45, 2.75) is 83.5 Å². The maximum absolute atomic E-state index is 5.64. The number of rotatable bonds is 15. The lowest BCUT2D eigenvalue weighted by atomic mass is 10.1. The fourth-order valence-corrected chi connectivity index (χ4v) is 2.56. The molecule has 0 bridgehead atoms. The fraction of sp³-hybridized carbons (Fsp3) is 0.882. The molecule has 0 aromatic rings. The third-order valence-electron chi connectivity index (χ3n) is 3.43. The molecule has 0 amide bonds. The van der Waals surface area contributed by atoms with Gasteiger partial charge in [-0.05, 0) is 38.5 Å². The summed E-state index contributed by atoms with van der Waals surface area (Å²) >= 11 is 11.3. The minimum Gasteiger partial charge on any atom is -0.127 e. The van der Waals surface area contributed by atoms with E-state index in [-0.39, 0.29) is 0 Å². The fourth-order valence-electron chi connectivity index (χ4n) is 2.19. The molecule has 0 atom stereocenters. The third-order valence-corrected chi connectivity index (χ3v) is 3.96. The van der Waals surface area contributed by atoms with E-state index in [1.165, 1.54) is 83.5 Å². The second kappa shape index (κ2) is 18.3. The van der Waals surface area contributed by atoms with E-state index in [2.05, 4.69) is 12.2 Å². The minimum atomic E-state index is 0.825. The lowest BCUT2D eigenvalue weighted by Gasteiger charge is -1.99. The lowest BCUT2D eigenvalue weighted by molar-refractivity contribution is 0.611. The zero-order valence-corrected chi connectivity index (χ0v) is 14.0. The molecular weight excluding hydrogens is 275 g/mol. The summed E-state index contributed by atoms with van der Waals surface area (Å²) in [6, 6.07) is 0. The van der Waals surface area contributed by atoms with Crippen LogP contribution in [-0.2, 0) is 0 Å². The topological polar surface area (TPSA) is 0 Å². The van der Waals surface area contributed by atoms with Crippen molar-refractivity contribution in [3.05, 3.63) is 12.2 Å². The highest BCUT2D eigenvalue weighted by Gasteiger charge is 1.90. The van der Waals surface area contributed by atoms with Crippen molar-refractivity contribution in [2.24, 2.45) is 0 Å². The van der Waals surface area contributed by atoms with Gasteiger partial charge in [0, 0.05) is 11.8 Å². The molecular formula is C17H32Cl2. The van der Waals surface area contributed by atoms with E-state index >= 15 is 0 Å². The van der Waals surface area contributed by atoms with Crippen LogP contribution in [0.25, 0.3) is 0 Å². The first-order chi connectivity index (χ1) is 9.41. The van der Waals surface area contributed by atoms with E-state index < -0.39 is 0 Å². The Kier molecular flexibility index (Phi) is 18.6. The highest BCUT2D eigenvalue weighted by molar-refractivity contribution is 6.18. The molecule has 0 spiro atoms. The van der Waals surface area contributed by atoms with Crippen molar-refractivity contribution in [1.82, 2.24) is 0 Å². The first-order valence-electron chi connectivity index (χ1n) is 8.18. The molecule has 0 aliphatic heterocycles. The van der Waals surface area contributed by atoms with Gasteiger partial charge in [-0.25, -0.2) is 0 Å². The van der Waals surface area contributed by atoms with Crippen molar-refractivity contribution >= 4 is 23.2 Å². The summed E-state index contributed by atoms with van der Waals surface area (Å²) in [4.78, 5) is 0. The van der Waals surface area contributed by atoms with Gasteiger partial charge in [-0.1, -0.05) is 57.1 Å². The molecule has 0 rings (SSSR count). The quantitative estimate of drug-likeness (QED) is 0.172. The number of halogens is 2. The van der Waals surface area contributed by atoms with Gasteiger partial charge in [0.05, 0.1) is 0 Å². The van der Waals surface area contributed by atoms with E-state index in [0.29, 0.717) is 0 Å². The molecule has 0 aromatic heterocycles. The van der Waals surface area contributed by atoms with Gasteiger partial charge in [-0.3, -0.25) is 0 Å². The monoisotopic (exact) mass is 306 g/mol. The second-order valence-electron chi connectivity index (χ2n) is 5.32. The highest BCUT2D eigenvalue weighted by Crippen LogP contribution is 2.09. The zero-order chi connectivity index (χ0) is 14.0. The summed E-state index contributed by atoms with van der Waals surface area (Å²) in [5.74, 6) is 1.65. The van der Waals surface area contributed by atoms with E-state index in [4.69, 9.17) is 23.2 Å². The van der Waals surface area contributed by atoms with Crippen LogP contribution in [0.2, 0.25) is 0 Å². The molecule has 0 aromatic carbocycles. The zero-order valence-electron chi connectivity index (χ0n) is 12.5. The van der Waals surface area contributed by atoms with E-state index in [1.54, 1.807) is 0 Å². The largest absolute Gasteiger partial charge is 0.127 e. The molecule has 0 aliphatic rings. The van der Waals surface area contributed by atoms with Crippen LogP contribution in [0.1, 0.15) is 83.5 Å². The van der Waals surface area contributed by atoms with Crippen LogP contribution in [0.4, 0.5) is 0 Å². The SMILES string of the molecule is ClCCCCCCCC=CCCCCCCCCCl. The normalized spacial score (nSPS) is 11.5. The number of unbranched alkanes of at least 4 members (excludes halogenated alkanes) is 11. The summed E-state index contributed by atoms with van der Waals surface area (Å²) in [5.41, 5.74) is 0. The predicted octanol–water partition coefficient (Wildman–Crippen LogP) is 7.09. The third kappa shape index (κ3) is 18.3. The standard InChI is InChI=1S/C17H32Cl2/c18-16-14-12-10-8-6-4-2-1-3-5-7-9-11-13-15-17-19/h1-2H,3-17H2. The van der Waals surface area contributed by atoms with Crippen LogP contribution >= 0.6 is 23.2 Å². The first kappa shape index (κ1) is 19.3. The molecule has 0 fully saturated rings. The summed E-state index contributed by atoms with van der Waals surface area (Å²) < 4.78 is 0. The molecule has 114 valence electrons. The smallest absolute Gasteiger partial charge is 0.0223 e. The second-order valence-corrected chi connectivity index (χ2v) is 6.07. The van der Waals surface area contributed by atoms with Crippen molar-refractivity contribution in [2.75, 3.05) is 11.8 Å². The van der Waals surface area contributed by atoms with Crippen LogP contribution in [0.3, 0.4) is 0 Å². The number of allylic oxidation sites excluding steroid dienone is 2. The van der Waals surface area contributed by atoms with Crippen LogP contribution in [0, 0.1) is 0 Å². The lowest BCUT2D eigenvalue weighted by Crippen LogP contribution is -1.81. The van der Waals surface area contributed by atoms with Gasteiger partial charge in [0.1, 0.15) is 0 Å². The van der Waals surface area contributed by atoms with E-state index in [0.717, 1.165) is 11.8 Å². The molecule has 0 nitrogen and oxygen atoms in total. The summed E-state index contributed by atoms with van der Waals surface area (Å²) in [6.07, 6.45) is 21.8. The molecule has 2 heteroatoms. The van der Waals surface area contributed by atoms with Gasteiger partial charge in [-0.2, -0.15) is 0 Å². The van der Waals surface area contributed by atoms with Crippen LogP contribution in [0.5, 0.6) is 0 Å². The van der Waals surface area contributed by atoms with Crippen LogP contribution in [0.15, 0.2) is 12.2 Å². The molecule has 0 heterocycles. The predicted molar refractivity (Wildman–Crippen MR) is 90.6 cm³/mol. The Balaban J connectivity index is 3.01. The number of hydrogen-bond acceptors (Lipinski definition) is 0. The summed E-state index contributed by atoms with van der Waals surface area (Å²) in [7, 11) is 0. The number of hydrogen-bond donors (Lipinski definition) is 0. The Labute approximate surface area is 130 Å². The van der Waals surface area contributed by atoms with Gasteiger partial charge in [0.25, 0.3) is 0 Å². The van der Waals surface area contributed by atoms with Gasteiger partial charge in [-0.15, -0.1) is 23.2 Å². The molecule has 0 N–H and O–H groups in total. The Hall–Kier alpha value is 0.320.